The van der Waals surface area contributed by atoms with E-state index < -0.39 is 0 Å². The molecule has 0 atom stereocenters. The van der Waals surface area contributed by atoms with E-state index in [2.05, 4.69) is 16.9 Å². The highest BCUT2D eigenvalue weighted by Gasteiger charge is 2.27. The lowest BCUT2D eigenvalue weighted by atomic mass is 10.3. The zero-order chi connectivity index (χ0) is 11.4. The summed E-state index contributed by atoms with van der Waals surface area (Å²) >= 11 is 0. The monoisotopic (exact) mass is 219 g/mol. The first-order valence-corrected chi connectivity index (χ1v) is 5.86. The molecule has 4 heteroatoms. The first-order chi connectivity index (χ1) is 7.81. The van der Waals surface area contributed by atoms with Gasteiger partial charge in [0.1, 0.15) is 5.69 Å². The summed E-state index contributed by atoms with van der Waals surface area (Å²) < 4.78 is 0. The zero-order valence-electron chi connectivity index (χ0n) is 9.59. The molecule has 0 bridgehead atoms. The van der Waals surface area contributed by atoms with Crippen LogP contribution in [0.2, 0.25) is 0 Å². The van der Waals surface area contributed by atoms with Gasteiger partial charge >= 0.3 is 0 Å². The summed E-state index contributed by atoms with van der Waals surface area (Å²) in [5, 5.41) is 0. The summed E-state index contributed by atoms with van der Waals surface area (Å²) in [5.41, 5.74) is 0.455. The Morgan fingerprint density at radius 3 is 2.88 bits per heavy atom. The molecule has 1 fully saturated rings. The Balaban J connectivity index is 2.03. The minimum atomic E-state index is 0.0156. The van der Waals surface area contributed by atoms with Crippen LogP contribution in [0.1, 0.15) is 36.7 Å². The summed E-state index contributed by atoms with van der Waals surface area (Å²) in [6.45, 7) is 3.78. The molecule has 0 unspecified atom stereocenters. The SMILES string of the molecule is CCCN(CC1CC1)C(=O)c1cnccn1. The number of carbonyl (C=O) groups excluding carboxylic acids is 1. The fraction of sp³-hybridized carbons (Fsp3) is 0.583. The second kappa shape index (κ2) is 5.05. The van der Waals surface area contributed by atoms with Crippen molar-refractivity contribution in [2.75, 3.05) is 13.1 Å². The van der Waals surface area contributed by atoms with E-state index in [0.29, 0.717) is 11.6 Å². The fourth-order valence-electron chi connectivity index (χ4n) is 1.73. The van der Waals surface area contributed by atoms with Crippen LogP contribution in [0, 0.1) is 5.92 Å². The van der Waals surface area contributed by atoms with Crippen molar-refractivity contribution in [1.29, 1.82) is 0 Å². The molecule has 1 amide bonds. The number of hydrogen-bond acceptors (Lipinski definition) is 3. The summed E-state index contributed by atoms with van der Waals surface area (Å²) in [7, 11) is 0. The van der Waals surface area contributed by atoms with Crippen molar-refractivity contribution in [3.8, 4) is 0 Å². The number of hydrogen-bond donors (Lipinski definition) is 0. The molecular formula is C12H17N3O. The van der Waals surface area contributed by atoms with Gasteiger partial charge in [-0.05, 0) is 25.2 Å². The van der Waals surface area contributed by atoms with Crippen molar-refractivity contribution in [3.05, 3.63) is 24.3 Å². The van der Waals surface area contributed by atoms with E-state index in [0.717, 1.165) is 19.5 Å². The summed E-state index contributed by atoms with van der Waals surface area (Å²) in [6, 6.07) is 0. The van der Waals surface area contributed by atoms with Gasteiger partial charge < -0.3 is 4.90 Å². The minimum absolute atomic E-state index is 0.0156. The molecule has 0 spiro atoms. The predicted molar refractivity (Wildman–Crippen MR) is 61.0 cm³/mol. The number of amides is 1. The van der Waals surface area contributed by atoms with Crippen molar-refractivity contribution in [3.63, 3.8) is 0 Å². The molecule has 16 heavy (non-hydrogen) atoms. The largest absolute Gasteiger partial charge is 0.337 e. The molecular weight excluding hydrogens is 202 g/mol. The Hall–Kier alpha value is -1.45. The first kappa shape index (κ1) is 11.0. The molecule has 1 heterocycles. The lowest BCUT2D eigenvalue weighted by Gasteiger charge is -2.21. The highest BCUT2D eigenvalue weighted by atomic mass is 16.2. The number of carbonyl (C=O) groups is 1. The van der Waals surface area contributed by atoms with E-state index in [1.807, 2.05) is 4.90 Å². The van der Waals surface area contributed by atoms with Gasteiger partial charge in [-0.25, -0.2) is 4.98 Å². The van der Waals surface area contributed by atoms with Crippen LogP contribution in [0.25, 0.3) is 0 Å². The van der Waals surface area contributed by atoms with Crippen LogP contribution in [0.3, 0.4) is 0 Å². The van der Waals surface area contributed by atoms with E-state index in [4.69, 9.17) is 0 Å². The van der Waals surface area contributed by atoms with Gasteiger partial charge in [-0.2, -0.15) is 0 Å². The van der Waals surface area contributed by atoms with Crippen LogP contribution >= 0.6 is 0 Å². The topological polar surface area (TPSA) is 46.1 Å². The van der Waals surface area contributed by atoms with Crippen LogP contribution < -0.4 is 0 Å². The molecule has 0 saturated heterocycles. The van der Waals surface area contributed by atoms with E-state index in [-0.39, 0.29) is 5.91 Å². The van der Waals surface area contributed by atoms with E-state index in [1.165, 1.54) is 19.0 Å². The van der Waals surface area contributed by atoms with Gasteiger partial charge in [0.2, 0.25) is 0 Å². The van der Waals surface area contributed by atoms with Gasteiger partial charge in [0.05, 0.1) is 6.20 Å². The van der Waals surface area contributed by atoms with Crippen LogP contribution in [0.5, 0.6) is 0 Å². The van der Waals surface area contributed by atoms with Crippen molar-refractivity contribution < 1.29 is 4.79 Å². The van der Waals surface area contributed by atoms with Crippen molar-refractivity contribution in [2.45, 2.75) is 26.2 Å². The maximum Gasteiger partial charge on any atom is 0.274 e. The quantitative estimate of drug-likeness (QED) is 0.757. The third-order valence-electron chi connectivity index (χ3n) is 2.74. The maximum absolute atomic E-state index is 12.1. The Kier molecular flexibility index (Phi) is 3.49. The zero-order valence-corrected chi connectivity index (χ0v) is 9.59. The van der Waals surface area contributed by atoms with Crippen molar-refractivity contribution in [2.24, 2.45) is 5.92 Å². The molecule has 1 saturated carbocycles. The number of nitrogens with zero attached hydrogens (tertiary/aromatic N) is 3. The second-order valence-corrected chi connectivity index (χ2v) is 4.29. The summed E-state index contributed by atoms with van der Waals surface area (Å²) in [4.78, 5) is 22.0. The highest BCUT2D eigenvalue weighted by Crippen LogP contribution is 2.30. The third-order valence-corrected chi connectivity index (χ3v) is 2.74. The fourth-order valence-corrected chi connectivity index (χ4v) is 1.73. The molecule has 2 rings (SSSR count). The third kappa shape index (κ3) is 2.78. The van der Waals surface area contributed by atoms with Crippen molar-refractivity contribution >= 4 is 5.91 Å². The van der Waals surface area contributed by atoms with E-state index in [1.54, 1.807) is 12.4 Å². The highest BCUT2D eigenvalue weighted by molar-refractivity contribution is 5.91. The van der Waals surface area contributed by atoms with Crippen LogP contribution in [-0.2, 0) is 0 Å². The smallest absolute Gasteiger partial charge is 0.274 e. The maximum atomic E-state index is 12.1. The normalized spacial score (nSPS) is 14.8. The lowest BCUT2D eigenvalue weighted by molar-refractivity contribution is 0.0741. The Morgan fingerprint density at radius 1 is 1.50 bits per heavy atom. The van der Waals surface area contributed by atoms with Crippen LogP contribution in [-0.4, -0.2) is 33.9 Å². The summed E-state index contributed by atoms with van der Waals surface area (Å²) in [6.07, 6.45) is 8.19. The van der Waals surface area contributed by atoms with E-state index >= 15 is 0 Å². The Bertz CT molecular complexity index is 349. The average Bonchev–Trinajstić information content (AvgIpc) is 3.13. The van der Waals surface area contributed by atoms with Gasteiger partial charge in [-0.15, -0.1) is 0 Å². The Labute approximate surface area is 95.7 Å². The Morgan fingerprint density at radius 2 is 2.31 bits per heavy atom. The molecule has 0 aliphatic heterocycles. The van der Waals surface area contributed by atoms with Crippen LogP contribution in [0.4, 0.5) is 0 Å². The molecule has 0 aromatic carbocycles. The average molecular weight is 219 g/mol. The summed E-state index contributed by atoms with van der Waals surface area (Å²) in [5.74, 6) is 0.731. The number of aromatic nitrogens is 2. The standard InChI is InChI=1S/C12H17N3O/c1-2-7-15(9-10-3-4-10)12(16)11-8-13-5-6-14-11/h5-6,8,10H,2-4,7,9H2,1H3. The van der Waals surface area contributed by atoms with Gasteiger partial charge in [0.25, 0.3) is 5.91 Å². The molecule has 4 nitrogen and oxygen atoms in total. The molecule has 0 radical (unpaired) electrons. The van der Waals surface area contributed by atoms with Gasteiger partial charge in [-0.1, -0.05) is 6.92 Å². The van der Waals surface area contributed by atoms with Gasteiger partial charge in [-0.3, -0.25) is 9.78 Å². The molecule has 1 aliphatic rings. The second-order valence-electron chi connectivity index (χ2n) is 4.29. The molecule has 1 aromatic heterocycles. The predicted octanol–water partition coefficient (Wildman–Crippen LogP) is 1.74. The van der Waals surface area contributed by atoms with Gasteiger partial charge in [0, 0.05) is 25.5 Å². The minimum Gasteiger partial charge on any atom is -0.337 e. The first-order valence-electron chi connectivity index (χ1n) is 5.86. The molecule has 86 valence electrons. The lowest BCUT2D eigenvalue weighted by Crippen LogP contribution is -2.34. The van der Waals surface area contributed by atoms with E-state index in [9.17, 15) is 4.79 Å². The van der Waals surface area contributed by atoms with Crippen molar-refractivity contribution in [1.82, 2.24) is 14.9 Å². The van der Waals surface area contributed by atoms with Crippen LogP contribution in [0.15, 0.2) is 18.6 Å². The molecule has 1 aliphatic carbocycles. The molecule has 0 N–H and O–H groups in total. The number of rotatable bonds is 5. The molecule has 1 aromatic rings. The van der Waals surface area contributed by atoms with Gasteiger partial charge in [0.15, 0.2) is 0 Å².